The first-order chi connectivity index (χ1) is 17.8. The number of hydrogen-bond donors (Lipinski definition) is 0. The number of aromatic nitrogens is 3. The maximum Gasteiger partial charge on any atom is 0.573 e. The van der Waals surface area contributed by atoms with Crippen LogP contribution in [0.5, 0.6) is 5.75 Å². The van der Waals surface area contributed by atoms with Crippen LogP contribution in [-0.4, -0.2) is 44.4 Å². The van der Waals surface area contributed by atoms with E-state index in [1.54, 1.807) is 48.5 Å². The number of ether oxygens (including phenoxy) is 1. The number of carbonyl (C=O) groups is 2. The molecular weight excluding hydrogens is 485 g/mol. The molecule has 5 rings (SSSR count). The standard InChI is InChI=1S/C27H17F3N4O3/c28-27(29,30)37-21-14-12-20(13-15-21)34-17-31-24(32-34)19-10-8-18(9-11-19)5-3-4-16-33-25(35)22-6-1-2-7-23(22)26(33)36/h1-2,6-15,17H,4,16H2. The summed E-state index contributed by atoms with van der Waals surface area (Å²) in [6.45, 7) is 0.210. The smallest absolute Gasteiger partial charge is 0.406 e. The summed E-state index contributed by atoms with van der Waals surface area (Å²) < 4.78 is 42.3. The van der Waals surface area contributed by atoms with E-state index in [1.807, 2.05) is 0 Å². The fraction of sp³-hybridized carbons (Fsp3) is 0.111. The normalized spacial score (nSPS) is 12.8. The van der Waals surface area contributed by atoms with Crippen LogP contribution in [0.2, 0.25) is 0 Å². The van der Waals surface area contributed by atoms with Gasteiger partial charge < -0.3 is 4.74 Å². The summed E-state index contributed by atoms with van der Waals surface area (Å²) >= 11 is 0. The highest BCUT2D eigenvalue weighted by atomic mass is 19.4. The van der Waals surface area contributed by atoms with Gasteiger partial charge >= 0.3 is 6.36 Å². The van der Waals surface area contributed by atoms with Crippen molar-refractivity contribution in [3.63, 3.8) is 0 Å². The Labute approximate surface area is 209 Å². The summed E-state index contributed by atoms with van der Waals surface area (Å²) in [5.41, 5.74) is 2.83. The molecule has 1 aromatic heterocycles. The van der Waals surface area contributed by atoms with E-state index in [9.17, 15) is 22.8 Å². The fourth-order valence-electron chi connectivity index (χ4n) is 3.80. The van der Waals surface area contributed by atoms with Crippen LogP contribution in [0.3, 0.4) is 0 Å². The molecular formula is C27H17F3N4O3. The Morgan fingerprint density at radius 1 is 0.865 bits per heavy atom. The molecule has 0 atom stereocenters. The summed E-state index contributed by atoms with van der Waals surface area (Å²) in [4.78, 5) is 30.3. The number of nitrogens with zero attached hydrogens (tertiary/aromatic N) is 4. The van der Waals surface area contributed by atoms with Gasteiger partial charge in [-0.2, -0.15) is 0 Å². The van der Waals surface area contributed by atoms with Gasteiger partial charge in [0, 0.05) is 24.1 Å². The van der Waals surface area contributed by atoms with Crippen molar-refractivity contribution >= 4 is 11.8 Å². The number of rotatable bonds is 5. The van der Waals surface area contributed by atoms with E-state index in [1.165, 1.54) is 40.2 Å². The summed E-state index contributed by atoms with van der Waals surface area (Å²) in [6.07, 6.45) is -2.95. The molecule has 37 heavy (non-hydrogen) atoms. The molecule has 2 heterocycles. The highest BCUT2D eigenvalue weighted by Gasteiger charge is 2.34. The van der Waals surface area contributed by atoms with Gasteiger partial charge in [0.2, 0.25) is 0 Å². The van der Waals surface area contributed by atoms with Gasteiger partial charge in [-0.05, 0) is 60.7 Å². The molecule has 0 aliphatic carbocycles. The summed E-state index contributed by atoms with van der Waals surface area (Å²) in [7, 11) is 0. The highest BCUT2D eigenvalue weighted by Crippen LogP contribution is 2.24. The minimum atomic E-state index is -4.75. The van der Waals surface area contributed by atoms with Crippen LogP contribution >= 0.6 is 0 Å². The quantitative estimate of drug-likeness (QED) is 0.288. The second-order valence-corrected chi connectivity index (χ2v) is 7.99. The Balaban J connectivity index is 1.19. The molecule has 184 valence electrons. The maximum atomic E-state index is 12.4. The van der Waals surface area contributed by atoms with Gasteiger partial charge in [-0.1, -0.05) is 24.0 Å². The molecule has 7 nitrogen and oxygen atoms in total. The van der Waals surface area contributed by atoms with Crippen LogP contribution in [0.1, 0.15) is 32.7 Å². The number of carbonyl (C=O) groups excluding carboxylic acids is 2. The van der Waals surface area contributed by atoms with Gasteiger partial charge in [-0.3, -0.25) is 14.5 Å². The lowest BCUT2D eigenvalue weighted by atomic mass is 10.1. The first-order valence-electron chi connectivity index (χ1n) is 11.1. The van der Waals surface area contributed by atoms with Crippen molar-refractivity contribution in [2.75, 3.05) is 6.54 Å². The van der Waals surface area contributed by atoms with Crippen molar-refractivity contribution in [3.05, 3.63) is 95.8 Å². The molecule has 3 aromatic carbocycles. The first-order valence-corrected chi connectivity index (χ1v) is 11.1. The van der Waals surface area contributed by atoms with Crippen molar-refractivity contribution < 1.29 is 27.5 Å². The van der Waals surface area contributed by atoms with Crippen molar-refractivity contribution in [1.82, 2.24) is 19.7 Å². The van der Waals surface area contributed by atoms with E-state index in [4.69, 9.17) is 0 Å². The molecule has 1 aliphatic rings. The molecule has 0 saturated carbocycles. The van der Waals surface area contributed by atoms with Crippen LogP contribution in [0.25, 0.3) is 17.1 Å². The number of amides is 2. The number of alkyl halides is 3. The maximum absolute atomic E-state index is 12.4. The zero-order valence-corrected chi connectivity index (χ0v) is 19.1. The Bertz CT molecular complexity index is 1500. The number of imide groups is 1. The molecule has 0 bridgehead atoms. The van der Waals surface area contributed by atoms with E-state index in [0.717, 1.165) is 11.1 Å². The zero-order valence-electron chi connectivity index (χ0n) is 19.1. The Morgan fingerprint density at radius 3 is 2.14 bits per heavy atom. The summed E-state index contributed by atoms with van der Waals surface area (Å²) in [5.74, 6) is 5.51. The molecule has 0 spiro atoms. The topological polar surface area (TPSA) is 77.3 Å². The molecule has 0 N–H and O–H groups in total. The van der Waals surface area contributed by atoms with E-state index < -0.39 is 6.36 Å². The van der Waals surface area contributed by atoms with Crippen LogP contribution < -0.4 is 4.74 Å². The Morgan fingerprint density at radius 2 is 1.51 bits per heavy atom. The molecule has 10 heteroatoms. The molecule has 1 aliphatic heterocycles. The SMILES string of the molecule is O=C1c2ccccc2C(=O)N1CCC#Cc1ccc(-c2ncn(-c3ccc(OC(F)(F)F)cc3)n2)cc1. The molecule has 0 radical (unpaired) electrons. The first kappa shape index (κ1) is 23.8. The lowest BCUT2D eigenvalue weighted by Gasteiger charge is -2.11. The van der Waals surface area contributed by atoms with Crippen LogP contribution in [0.15, 0.2) is 79.1 Å². The second-order valence-electron chi connectivity index (χ2n) is 7.99. The van der Waals surface area contributed by atoms with Crippen molar-refractivity contribution in [2.45, 2.75) is 12.8 Å². The van der Waals surface area contributed by atoms with E-state index in [2.05, 4.69) is 26.7 Å². The predicted molar refractivity (Wildman–Crippen MR) is 127 cm³/mol. The molecule has 2 amide bonds. The van der Waals surface area contributed by atoms with E-state index in [0.29, 0.717) is 29.1 Å². The van der Waals surface area contributed by atoms with Gasteiger partial charge in [0.15, 0.2) is 5.82 Å². The lowest BCUT2D eigenvalue weighted by molar-refractivity contribution is -0.274. The number of hydrogen-bond acceptors (Lipinski definition) is 5. The largest absolute Gasteiger partial charge is 0.573 e. The summed E-state index contributed by atoms with van der Waals surface area (Å²) in [6, 6.07) is 19.2. The predicted octanol–water partition coefficient (Wildman–Crippen LogP) is 4.87. The lowest BCUT2D eigenvalue weighted by Crippen LogP contribution is -2.30. The molecule has 0 saturated heterocycles. The number of benzene rings is 3. The summed E-state index contributed by atoms with van der Waals surface area (Å²) in [5, 5.41) is 4.37. The van der Waals surface area contributed by atoms with Gasteiger partial charge in [0.05, 0.1) is 16.8 Å². The molecule has 0 fully saturated rings. The van der Waals surface area contributed by atoms with Crippen LogP contribution in [-0.2, 0) is 0 Å². The van der Waals surface area contributed by atoms with E-state index in [-0.39, 0.29) is 24.1 Å². The average molecular weight is 502 g/mol. The third-order valence-corrected chi connectivity index (χ3v) is 5.54. The van der Waals surface area contributed by atoms with Gasteiger partial charge in [0.25, 0.3) is 11.8 Å². The zero-order chi connectivity index (χ0) is 26.0. The Kier molecular flexibility index (Phi) is 6.19. The van der Waals surface area contributed by atoms with Crippen LogP contribution in [0.4, 0.5) is 13.2 Å². The van der Waals surface area contributed by atoms with Gasteiger partial charge in [-0.25, -0.2) is 9.67 Å². The average Bonchev–Trinajstić information content (AvgIpc) is 3.46. The van der Waals surface area contributed by atoms with Crippen molar-refractivity contribution in [2.24, 2.45) is 0 Å². The third kappa shape index (κ3) is 5.21. The number of fused-ring (bicyclic) bond motifs is 1. The third-order valence-electron chi connectivity index (χ3n) is 5.54. The molecule has 4 aromatic rings. The Hall–Kier alpha value is -4.91. The fourth-order valence-corrected chi connectivity index (χ4v) is 3.80. The van der Waals surface area contributed by atoms with Crippen molar-refractivity contribution in [3.8, 4) is 34.7 Å². The number of halogens is 3. The van der Waals surface area contributed by atoms with Crippen LogP contribution in [0, 0.1) is 11.8 Å². The minimum absolute atomic E-state index is 0.210. The minimum Gasteiger partial charge on any atom is -0.406 e. The van der Waals surface area contributed by atoms with E-state index >= 15 is 0 Å². The molecule has 0 unspecified atom stereocenters. The second kappa shape index (κ2) is 9.62. The van der Waals surface area contributed by atoms with Gasteiger partial charge in [-0.15, -0.1) is 18.3 Å². The van der Waals surface area contributed by atoms with Crippen molar-refractivity contribution in [1.29, 1.82) is 0 Å². The monoisotopic (exact) mass is 502 g/mol. The highest BCUT2D eigenvalue weighted by molar-refractivity contribution is 6.21. The van der Waals surface area contributed by atoms with Gasteiger partial charge in [0.1, 0.15) is 12.1 Å².